The Kier molecular flexibility index (Phi) is 2.06. The van der Waals surface area contributed by atoms with E-state index in [1.54, 1.807) is 12.4 Å². The predicted molar refractivity (Wildman–Crippen MR) is 52.1 cm³/mol. The van der Waals surface area contributed by atoms with Gasteiger partial charge in [0.2, 0.25) is 0 Å². The second-order valence-corrected chi connectivity index (χ2v) is 2.76. The molecule has 72 valence electrons. The number of anilines is 1. The minimum atomic E-state index is -0.498. The number of ether oxygens (including phenoxy) is 1. The molecule has 0 saturated heterocycles. The fourth-order valence-electron chi connectivity index (χ4n) is 1.18. The molecule has 2 rings (SSSR count). The van der Waals surface area contributed by atoms with Gasteiger partial charge < -0.3 is 9.72 Å². The van der Waals surface area contributed by atoms with Gasteiger partial charge in [-0.15, -0.1) is 0 Å². The average Bonchev–Trinajstić information content (AvgIpc) is 2.64. The highest BCUT2D eigenvalue weighted by molar-refractivity contribution is 5.88. The fraction of sp³-hybridized carbons (Fsp3) is 0.111. The lowest BCUT2D eigenvalue weighted by atomic mass is 10.3. The molecular weight excluding hydrogens is 182 g/mol. The van der Waals surface area contributed by atoms with E-state index in [0.717, 1.165) is 11.0 Å². The van der Waals surface area contributed by atoms with Crippen LogP contribution in [0, 0.1) is 0 Å². The molecule has 2 N–H and O–H groups in total. The lowest BCUT2D eigenvalue weighted by Crippen LogP contribution is -2.10. The minimum Gasteiger partial charge on any atom is -0.453 e. The van der Waals surface area contributed by atoms with Crippen LogP contribution in [0.3, 0.4) is 0 Å². The van der Waals surface area contributed by atoms with Crippen molar-refractivity contribution in [1.29, 1.82) is 0 Å². The molecule has 0 bridgehead atoms. The molecule has 2 aromatic rings. The van der Waals surface area contributed by atoms with E-state index in [4.69, 9.17) is 0 Å². The van der Waals surface area contributed by atoms with Crippen LogP contribution in [0.15, 0.2) is 24.5 Å². The number of nitrogens with zero attached hydrogens (tertiary/aromatic N) is 1. The Hall–Kier alpha value is -2.04. The number of amides is 1. The Bertz CT molecular complexity index is 464. The van der Waals surface area contributed by atoms with E-state index in [9.17, 15) is 4.79 Å². The van der Waals surface area contributed by atoms with Gasteiger partial charge in [0.05, 0.1) is 19.0 Å². The molecule has 0 atom stereocenters. The first-order valence-electron chi connectivity index (χ1n) is 4.08. The van der Waals surface area contributed by atoms with Crippen LogP contribution in [0.1, 0.15) is 0 Å². The second-order valence-electron chi connectivity index (χ2n) is 2.76. The maximum Gasteiger partial charge on any atom is 0.411 e. The summed E-state index contributed by atoms with van der Waals surface area (Å²) in [4.78, 5) is 17.9. The van der Waals surface area contributed by atoms with E-state index in [-0.39, 0.29) is 0 Å². The molecule has 0 unspecified atom stereocenters. The summed E-state index contributed by atoms with van der Waals surface area (Å²) in [6, 6.07) is 3.69. The summed E-state index contributed by atoms with van der Waals surface area (Å²) < 4.78 is 4.46. The first-order chi connectivity index (χ1) is 6.79. The monoisotopic (exact) mass is 191 g/mol. The summed E-state index contributed by atoms with van der Waals surface area (Å²) in [6.45, 7) is 0. The first-order valence-corrected chi connectivity index (χ1v) is 4.08. The largest absolute Gasteiger partial charge is 0.453 e. The van der Waals surface area contributed by atoms with E-state index in [2.05, 4.69) is 20.0 Å². The van der Waals surface area contributed by atoms with Gasteiger partial charge in [0.15, 0.2) is 0 Å². The lowest BCUT2D eigenvalue weighted by molar-refractivity contribution is 0.187. The molecule has 0 aliphatic rings. The van der Waals surface area contributed by atoms with E-state index >= 15 is 0 Å². The SMILES string of the molecule is COC(=O)Nc1cnc2[nH]ccc2c1. The number of aromatic amines is 1. The molecule has 5 heteroatoms. The maximum absolute atomic E-state index is 10.9. The molecule has 0 fully saturated rings. The number of nitrogens with one attached hydrogen (secondary N) is 2. The molecular formula is C9H9N3O2. The molecule has 0 radical (unpaired) electrons. The van der Waals surface area contributed by atoms with Crippen LogP contribution < -0.4 is 5.32 Å². The average molecular weight is 191 g/mol. The Morgan fingerprint density at radius 2 is 2.50 bits per heavy atom. The Morgan fingerprint density at radius 3 is 3.29 bits per heavy atom. The van der Waals surface area contributed by atoms with E-state index < -0.39 is 6.09 Å². The highest BCUT2D eigenvalue weighted by atomic mass is 16.5. The molecule has 0 saturated carbocycles. The van der Waals surface area contributed by atoms with Gasteiger partial charge >= 0.3 is 6.09 Å². The van der Waals surface area contributed by atoms with Crippen LogP contribution in [0.25, 0.3) is 11.0 Å². The lowest BCUT2D eigenvalue weighted by Gasteiger charge is -2.02. The molecule has 2 heterocycles. The van der Waals surface area contributed by atoms with Crippen molar-refractivity contribution in [2.24, 2.45) is 0 Å². The summed E-state index contributed by atoms with van der Waals surface area (Å²) in [5, 5.41) is 3.48. The summed E-state index contributed by atoms with van der Waals surface area (Å²) in [5.41, 5.74) is 1.41. The van der Waals surface area contributed by atoms with Crippen LogP contribution in [-0.4, -0.2) is 23.2 Å². The zero-order valence-corrected chi connectivity index (χ0v) is 7.57. The molecule has 5 nitrogen and oxygen atoms in total. The molecule has 14 heavy (non-hydrogen) atoms. The van der Waals surface area contributed by atoms with Crippen molar-refractivity contribution in [2.75, 3.05) is 12.4 Å². The van der Waals surface area contributed by atoms with Gasteiger partial charge in [-0.1, -0.05) is 0 Å². The number of carbonyl (C=O) groups is 1. The van der Waals surface area contributed by atoms with Gasteiger partial charge in [0, 0.05) is 11.6 Å². The van der Waals surface area contributed by atoms with Crippen LogP contribution in [0.2, 0.25) is 0 Å². The Balaban J connectivity index is 2.30. The normalized spacial score (nSPS) is 10.1. The molecule has 0 aliphatic carbocycles. The number of pyridine rings is 1. The molecule has 0 spiro atoms. The number of methoxy groups -OCH3 is 1. The molecule has 0 aliphatic heterocycles. The number of hydrogen-bond donors (Lipinski definition) is 2. The van der Waals surface area contributed by atoms with Gasteiger partial charge in [-0.3, -0.25) is 5.32 Å². The van der Waals surface area contributed by atoms with E-state index in [1.165, 1.54) is 7.11 Å². The molecule has 0 aromatic carbocycles. The number of aromatic nitrogens is 2. The zero-order valence-electron chi connectivity index (χ0n) is 7.57. The number of fused-ring (bicyclic) bond motifs is 1. The van der Waals surface area contributed by atoms with Crippen LogP contribution in [0.5, 0.6) is 0 Å². The zero-order chi connectivity index (χ0) is 9.97. The van der Waals surface area contributed by atoms with Gasteiger partial charge in [0.25, 0.3) is 0 Å². The van der Waals surface area contributed by atoms with Crippen molar-refractivity contribution in [3.05, 3.63) is 24.5 Å². The summed E-state index contributed by atoms with van der Waals surface area (Å²) in [5.74, 6) is 0. The predicted octanol–water partition coefficient (Wildman–Crippen LogP) is 1.74. The smallest absolute Gasteiger partial charge is 0.411 e. The van der Waals surface area contributed by atoms with Crippen molar-refractivity contribution in [2.45, 2.75) is 0 Å². The third kappa shape index (κ3) is 1.52. The third-order valence-electron chi connectivity index (χ3n) is 1.83. The quantitative estimate of drug-likeness (QED) is 0.721. The topological polar surface area (TPSA) is 67.0 Å². The molecule has 1 amide bonds. The van der Waals surface area contributed by atoms with E-state index in [0.29, 0.717) is 5.69 Å². The van der Waals surface area contributed by atoms with Gasteiger partial charge in [0.1, 0.15) is 5.65 Å². The van der Waals surface area contributed by atoms with Crippen molar-refractivity contribution >= 4 is 22.8 Å². The van der Waals surface area contributed by atoms with Crippen LogP contribution >= 0.6 is 0 Å². The molecule has 2 aromatic heterocycles. The maximum atomic E-state index is 10.9. The number of rotatable bonds is 1. The number of carbonyl (C=O) groups excluding carboxylic acids is 1. The standard InChI is InChI=1S/C9H9N3O2/c1-14-9(13)12-7-4-6-2-3-10-8(6)11-5-7/h2-5H,1H3,(H,10,11)(H,12,13). The van der Waals surface area contributed by atoms with Gasteiger partial charge in [-0.05, 0) is 12.1 Å². The van der Waals surface area contributed by atoms with Crippen molar-refractivity contribution < 1.29 is 9.53 Å². The van der Waals surface area contributed by atoms with Crippen molar-refractivity contribution in [1.82, 2.24) is 9.97 Å². The van der Waals surface area contributed by atoms with Crippen LogP contribution in [0.4, 0.5) is 10.5 Å². The summed E-state index contributed by atoms with van der Waals surface area (Å²) in [6.07, 6.45) is 2.86. The Labute approximate surface area is 80.1 Å². The second kappa shape index (κ2) is 3.37. The number of hydrogen-bond acceptors (Lipinski definition) is 3. The summed E-state index contributed by atoms with van der Waals surface area (Å²) in [7, 11) is 1.32. The summed E-state index contributed by atoms with van der Waals surface area (Å²) >= 11 is 0. The number of H-pyrrole nitrogens is 1. The minimum absolute atomic E-state index is 0.498. The third-order valence-corrected chi connectivity index (χ3v) is 1.83. The Morgan fingerprint density at radius 1 is 1.64 bits per heavy atom. The van der Waals surface area contributed by atoms with Gasteiger partial charge in [-0.2, -0.15) is 0 Å². The van der Waals surface area contributed by atoms with Crippen molar-refractivity contribution in [3.8, 4) is 0 Å². The highest BCUT2D eigenvalue weighted by Gasteiger charge is 2.02. The fourth-order valence-corrected chi connectivity index (χ4v) is 1.18. The van der Waals surface area contributed by atoms with Crippen LogP contribution in [-0.2, 0) is 4.74 Å². The first kappa shape index (κ1) is 8.55. The highest BCUT2D eigenvalue weighted by Crippen LogP contribution is 2.14. The van der Waals surface area contributed by atoms with Gasteiger partial charge in [-0.25, -0.2) is 9.78 Å². The van der Waals surface area contributed by atoms with Crippen molar-refractivity contribution in [3.63, 3.8) is 0 Å². The van der Waals surface area contributed by atoms with E-state index in [1.807, 2.05) is 12.1 Å².